The number of piperidine rings is 1. The lowest BCUT2D eigenvalue weighted by atomic mass is 9.84. The molecule has 0 aliphatic carbocycles. The van der Waals surface area contributed by atoms with Crippen LogP contribution in [0.4, 0.5) is 62.3 Å². The Kier molecular flexibility index (Phi) is 15.4. The van der Waals surface area contributed by atoms with Crippen molar-refractivity contribution in [1.29, 1.82) is 0 Å². The third-order valence-electron chi connectivity index (χ3n) is 14.2. The summed E-state index contributed by atoms with van der Waals surface area (Å²) in [6.45, 7) is 4.14. The molecule has 8 rings (SSSR count). The lowest BCUT2D eigenvalue weighted by Gasteiger charge is -2.50. The molecule has 0 aromatic heterocycles. The van der Waals surface area contributed by atoms with Gasteiger partial charge in [0.1, 0.15) is 22.8 Å². The molecule has 0 spiro atoms. The van der Waals surface area contributed by atoms with Gasteiger partial charge in [0.25, 0.3) is 23.3 Å². The number of methoxy groups -OCH3 is 1. The zero-order valence-corrected chi connectivity index (χ0v) is 41.0. The van der Waals surface area contributed by atoms with Gasteiger partial charge in [0.05, 0.1) is 66.1 Å². The van der Waals surface area contributed by atoms with Gasteiger partial charge in [-0.1, -0.05) is 36.4 Å². The first-order valence-corrected chi connectivity index (χ1v) is 23.9. The number of nitrogens with zero attached hydrogens (tertiary/aromatic N) is 2. The highest BCUT2D eigenvalue weighted by Gasteiger charge is 2.63. The van der Waals surface area contributed by atoms with Crippen molar-refractivity contribution in [3.05, 3.63) is 153 Å². The SMILES string of the molecule is COC(C(=O)NC(C)C1(O)CN(C(=O)c2ccc(F)c(F)c2Nc2ccc(C)cc2F)C1)(c1ccc(C2CC(CNCC3(O)CN(C(=O)c4ccc(F)c(F)c4Nc4ccc(C)cc4F)C3)CCN2)cc1)C(F)(F)F. The van der Waals surface area contributed by atoms with Gasteiger partial charge in [-0.25, -0.2) is 26.3 Å². The molecule has 0 bridgehead atoms. The minimum absolute atomic E-state index is 0.0261. The number of carbonyl (C=O) groups is 3. The number of β-amino-alcohol motifs (C(OH)–C–C–N with tert-alkyl or cyclic N) is 2. The molecule has 7 N–H and O–H groups in total. The van der Waals surface area contributed by atoms with E-state index in [4.69, 9.17) is 4.74 Å². The van der Waals surface area contributed by atoms with Crippen LogP contribution >= 0.6 is 0 Å². The molecule has 400 valence electrons. The molecule has 0 saturated carbocycles. The molecule has 13 nitrogen and oxygen atoms in total. The highest BCUT2D eigenvalue weighted by atomic mass is 19.4. The molecule has 4 atom stereocenters. The standard InChI is InChI=1S/C53H54F9N7O6/c1-28-5-15-40(38(56)19-28)66-45-34(11-13-36(54)43(45)58)47(70)68-24-50(73,25-68)23-63-22-31-17-18-64-42(21-31)32-7-9-33(10-8-32)52(75-4,53(60,61)62)49(72)65-30(3)51(74)26-69(27-51)48(71)35-12-14-37(55)44(59)46(35)67-41-16-6-29(2)20-39(41)57/h5-16,19-20,30-31,42,63-64,66-67,73-74H,17-18,21-27H2,1-4H3,(H,65,72). The fraction of sp³-hybridized carbons (Fsp3) is 0.377. The largest absolute Gasteiger partial charge is 0.430 e. The van der Waals surface area contributed by atoms with Crippen LogP contribution in [0.3, 0.4) is 0 Å². The number of rotatable bonds is 16. The van der Waals surface area contributed by atoms with E-state index in [1.165, 1.54) is 48.2 Å². The van der Waals surface area contributed by atoms with E-state index in [1.54, 1.807) is 19.9 Å². The molecule has 3 fully saturated rings. The van der Waals surface area contributed by atoms with Crippen molar-refractivity contribution < 1.29 is 68.8 Å². The van der Waals surface area contributed by atoms with Crippen LogP contribution in [-0.4, -0.2) is 114 Å². The molecule has 3 aliphatic heterocycles. The maximum atomic E-state index is 15.1. The lowest BCUT2D eigenvalue weighted by Crippen LogP contribution is -2.72. The van der Waals surface area contributed by atoms with Crippen molar-refractivity contribution in [2.24, 2.45) is 5.92 Å². The van der Waals surface area contributed by atoms with Gasteiger partial charge < -0.3 is 51.3 Å². The van der Waals surface area contributed by atoms with Crippen LogP contribution < -0.4 is 26.6 Å². The number of anilines is 4. The number of hydrogen-bond donors (Lipinski definition) is 7. The van der Waals surface area contributed by atoms with Gasteiger partial charge in [-0.15, -0.1) is 0 Å². The summed E-state index contributed by atoms with van der Waals surface area (Å²) in [5, 5.41) is 36.3. The fourth-order valence-corrected chi connectivity index (χ4v) is 9.78. The predicted molar refractivity (Wildman–Crippen MR) is 258 cm³/mol. The molecular weight excluding hydrogens is 1000 g/mol. The predicted octanol–water partition coefficient (Wildman–Crippen LogP) is 7.94. The third-order valence-corrected chi connectivity index (χ3v) is 14.2. The Morgan fingerprint density at radius 3 is 1.72 bits per heavy atom. The van der Waals surface area contributed by atoms with Gasteiger partial charge >= 0.3 is 6.18 Å². The van der Waals surface area contributed by atoms with E-state index in [1.807, 2.05) is 0 Å². The van der Waals surface area contributed by atoms with E-state index in [9.17, 15) is 42.2 Å². The van der Waals surface area contributed by atoms with Crippen LogP contribution in [0.15, 0.2) is 84.9 Å². The molecular formula is C53H54F9N7O6. The Balaban J connectivity index is 0.856. The van der Waals surface area contributed by atoms with Gasteiger partial charge in [-0.3, -0.25) is 14.4 Å². The number of nitrogens with one attached hydrogen (secondary N) is 5. The summed E-state index contributed by atoms with van der Waals surface area (Å²) in [6.07, 6.45) is -4.11. The fourth-order valence-electron chi connectivity index (χ4n) is 9.78. The Hall–Kier alpha value is -6.72. The first kappa shape index (κ1) is 54.5. The quantitative estimate of drug-likeness (QED) is 0.0483. The molecule has 3 aliphatic rings. The van der Waals surface area contributed by atoms with Crippen LogP contribution in [0.1, 0.15) is 68.8 Å². The number of carbonyl (C=O) groups excluding carboxylic acids is 3. The summed E-state index contributed by atoms with van der Waals surface area (Å²) in [5.74, 6) is -10.3. The minimum Gasteiger partial charge on any atom is -0.385 e. The van der Waals surface area contributed by atoms with Crippen molar-refractivity contribution in [3.63, 3.8) is 0 Å². The Bertz CT molecular complexity index is 2990. The molecule has 4 unspecified atom stereocenters. The molecule has 3 amide bonds. The van der Waals surface area contributed by atoms with E-state index < -0.39 is 117 Å². The molecule has 5 aromatic carbocycles. The monoisotopic (exact) mass is 1060 g/mol. The number of ether oxygens (including phenoxy) is 1. The van der Waals surface area contributed by atoms with Crippen molar-refractivity contribution in [2.75, 3.05) is 63.6 Å². The number of halogens is 9. The second kappa shape index (κ2) is 21.1. The van der Waals surface area contributed by atoms with E-state index in [2.05, 4.69) is 26.6 Å². The average Bonchev–Trinajstić information content (AvgIpc) is 3.34. The van der Waals surface area contributed by atoms with Gasteiger partial charge in [0.2, 0.25) is 0 Å². The van der Waals surface area contributed by atoms with Crippen LogP contribution in [0, 0.1) is 54.7 Å². The van der Waals surface area contributed by atoms with Crippen molar-refractivity contribution in [1.82, 2.24) is 25.8 Å². The highest BCUT2D eigenvalue weighted by Crippen LogP contribution is 2.44. The number of alkyl halides is 3. The van der Waals surface area contributed by atoms with E-state index >= 15 is 22.0 Å². The number of benzene rings is 5. The molecule has 75 heavy (non-hydrogen) atoms. The molecule has 5 aromatic rings. The summed E-state index contributed by atoms with van der Waals surface area (Å²) < 4.78 is 138. The van der Waals surface area contributed by atoms with Crippen molar-refractivity contribution in [3.8, 4) is 0 Å². The van der Waals surface area contributed by atoms with Gasteiger partial charge in [-0.2, -0.15) is 13.2 Å². The van der Waals surface area contributed by atoms with Gasteiger partial charge in [0.15, 0.2) is 23.3 Å². The van der Waals surface area contributed by atoms with Crippen molar-refractivity contribution in [2.45, 2.75) is 68.7 Å². The number of likely N-dealkylation sites (tertiary alicyclic amines) is 2. The number of aryl methyl sites for hydroxylation is 2. The number of amides is 3. The normalized spacial score (nSPS) is 19.3. The second-order valence-corrected chi connectivity index (χ2v) is 19.7. The Labute approximate surface area is 425 Å². The molecule has 3 heterocycles. The van der Waals surface area contributed by atoms with E-state index in [0.29, 0.717) is 55.8 Å². The van der Waals surface area contributed by atoms with E-state index in [0.717, 1.165) is 41.3 Å². The van der Waals surface area contributed by atoms with Crippen LogP contribution in [0.25, 0.3) is 0 Å². The Morgan fingerprint density at radius 2 is 1.24 bits per heavy atom. The maximum Gasteiger partial charge on any atom is 0.430 e. The zero-order chi connectivity index (χ0) is 54.4. The van der Waals surface area contributed by atoms with Crippen LogP contribution in [-0.2, 0) is 15.1 Å². The maximum absolute atomic E-state index is 15.1. The van der Waals surface area contributed by atoms with Gasteiger partial charge in [-0.05, 0) is 118 Å². The number of aliphatic hydroxyl groups is 2. The first-order valence-electron chi connectivity index (χ1n) is 23.9. The zero-order valence-electron chi connectivity index (χ0n) is 41.0. The van der Waals surface area contributed by atoms with E-state index in [-0.39, 0.29) is 48.5 Å². The summed E-state index contributed by atoms with van der Waals surface area (Å²) in [6, 6.07) is 14.9. The topological polar surface area (TPSA) is 168 Å². The first-order chi connectivity index (χ1) is 35.4. The van der Waals surface area contributed by atoms with Gasteiger partial charge in [0, 0.05) is 25.3 Å². The number of hydrogen-bond acceptors (Lipinski definition) is 10. The smallest absolute Gasteiger partial charge is 0.385 e. The lowest BCUT2D eigenvalue weighted by molar-refractivity contribution is -0.266. The Morgan fingerprint density at radius 1 is 0.733 bits per heavy atom. The van der Waals surface area contributed by atoms with Crippen LogP contribution in [0.5, 0.6) is 0 Å². The second-order valence-electron chi connectivity index (χ2n) is 19.7. The van der Waals surface area contributed by atoms with Crippen molar-refractivity contribution >= 4 is 40.5 Å². The molecule has 3 saturated heterocycles. The molecule has 0 radical (unpaired) electrons. The molecule has 22 heteroatoms. The highest BCUT2D eigenvalue weighted by molar-refractivity contribution is 6.02. The summed E-state index contributed by atoms with van der Waals surface area (Å²) in [7, 11) is 0.715. The summed E-state index contributed by atoms with van der Waals surface area (Å²) in [4.78, 5) is 43.1. The summed E-state index contributed by atoms with van der Waals surface area (Å²) in [5.41, 5.74) is -8.09. The van der Waals surface area contributed by atoms with Crippen LogP contribution in [0.2, 0.25) is 0 Å². The average molecular weight is 1060 g/mol. The third kappa shape index (κ3) is 10.9. The summed E-state index contributed by atoms with van der Waals surface area (Å²) >= 11 is 0. The minimum atomic E-state index is -5.33.